The maximum Gasteiger partial charge on any atom is 0.416 e. The topological polar surface area (TPSA) is 36.4 Å². The van der Waals surface area contributed by atoms with Crippen LogP contribution in [-0.2, 0) is 6.18 Å². The number of piperidine rings is 1. The summed E-state index contributed by atoms with van der Waals surface area (Å²) in [5, 5.41) is 9.02. The Bertz CT molecular complexity index is 401. The van der Waals surface area contributed by atoms with Crippen LogP contribution in [0, 0.1) is 5.92 Å². The molecule has 1 aliphatic rings. The molecule has 0 aromatic carbocycles. The molecule has 0 spiro atoms. The molecule has 2 heterocycles. The monoisotopic (exact) mass is 260 g/mol. The van der Waals surface area contributed by atoms with Gasteiger partial charge in [0.15, 0.2) is 0 Å². The predicted molar refractivity (Wildman–Crippen MR) is 61.3 cm³/mol. The van der Waals surface area contributed by atoms with Crippen molar-refractivity contribution >= 4 is 5.82 Å². The van der Waals surface area contributed by atoms with E-state index in [2.05, 4.69) is 4.98 Å². The van der Waals surface area contributed by atoms with Gasteiger partial charge in [-0.2, -0.15) is 13.2 Å². The van der Waals surface area contributed by atoms with Gasteiger partial charge in [0.25, 0.3) is 0 Å². The van der Waals surface area contributed by atoms with E-state index in [-0.39, 0.29) is 12.5 Å². The second kappa shape index (κ2) is 5.14. The minimum absolute atomic E-state index is 0.143. The third-order valence-electron chi connectivity index (χ3n) is 3.27. The van der Waals surface area contributed by atoms with E-state index in [0.717, 1.165) is 25.0 Å². The van der Waals surface area contributed by atoms with Gasteiger partial charge in [0.1, 0.15) is 5.82 Å². The van der Waals surface area contributed by atoms with Gasteiger partial charge < -0.3 is 10.0 Å². The van der Waals surface area contributed by atoms with Crippen molar-refractivity contribution in [3.63, 3.8) is 0 Å². The number of anilines is 1. The Balaban J connectivity index is 2.10. The summed E-state index contributed by atoms with van der Waals surface area (Å²) in [6, 6.07) is 2.06. The van der Waals surface area contributed by atoms with Gasteiger partial charge in [-0.25, -0.2) is 4.98 Å². The highest BCUT2D eigenvalue weighted by Crippen LogP contribution is 2.31. The molecule has 100 valence electrons. The number of aliphatic hydroxyl groups excluding tert-OH is 1. The first-order chi connectivity index (χ1) is 8.50. The first-order valence-electron chi connectivity index (χ1n) is 5.90. The van der Waals surface area contributed by atoms with Gasteiger partial charge in [-0.15, -0.1) is 0 Å². The zero-order valence-corrected chi connectivity index (χ0v) is 9.82. The van der Waals surface area contributed by atoms with Crippen molar-refractivity contribution in [2.45, 2.75) is 19.0 Å². The second-order valence-electron chi connectivity index (χ2n) is 4.51. The average molecular weight is 260 g/mol. The molecule has 0 amide bonds. The van der Waals surface area contributed by atoms with Crippen molar-refractivity contribution in [3.05, 3.63) is 23.9 Å². The summed E-state index contributed by atoms with van der Waals surface area (Å²) in [5.74, 6) is 0.619. The summed E-state index contributed by atoms with van der Waals surface area (Å²) in [5.41, 5.74) is -0.670. The SMILES string of the molecule is OCC1CCN(c2cc(C(F)(F)F)ccn2)CC1. The Morgan fingerprint density at radius 1 is 1.33 bits per heavy atom. The molecule has 1 aromatic heterocycles. The van der Waals surface area contributed by atoms with Crippen molar-refractivity contribution in [2.75, 3.05) is 24.6 Å². The van der Waals surface area contributed by atoms with Crippen LogP contribution < -0.4 is 4.90 Å². The highest BCUT2D eigenvalue weighted by molar-refractivity contribution is 5.42. The lowest BCUT2D eigenvalue weighted by atomic mass is 9.98. The van der Waals surface area contributed by atoms with Crippen molar-refractivity contribution in [1.29, 1.82) is 0 Å². The molecule has 1 aliphatic heterocycles. The molecule has 1 N–H and O–H groups in total. The van der Waals surface area contributed by atoms with Crippen LogP contribution in [-0.4, -0.2) is 29.8 Å². The smallest absolute Gasteiger partial charge is 0.396 e. The van der Waals surface area contributed by atoms with Crippen LogP contribution in [0.5, 0.6) is 0 Å². The minimum atomic E-state index is -4.33. The first-order valence-corrected chi connectivity index (χ1v) is 5.90. The van der Waals surface area contributed by atoms with E-state index >= 15 is 0 Å². The number of pyridine rings is 1. The predicted octanol–water partition coefficient (Wildman–Crippen LogP) is 2.31. The number of aromatic nitrogens is 1. The summed E-state index contributed by atoms with van der Waals surface area (Å²) < 4.78 is 37.7. The van der Waals surface area contributed by atoms with Crippen LogP contribution in [0.15, 0.2) is 18.3 Å². The summed E-state index contributed by atoms with van der Waals surface area (Å²) in [6.07, 6.45) is -1.57. The van der Waals surface area contributed by atoms with Crippen LogP contribution in [0.2, 0.25) is 0 Å². The highest BCUT2D eigenvalue weighted by atomic mass is 19.4. The van der Waals surface area contributed by atoms with Crippen LogP contribution in [0.1, 0.15) is 18.4 Å². The van der Waals surface area contributed by atoms with E-state index in [1.807, 2.05) is 4.90 Å². The number of alkyl halides is 3. The van der Waals surface area contributed by atoms with Crippen LogP contribution in [0.3, 0.4) is 0 Å². The van der Waals surface area contributed by atoms with E-state index in [4.69, 9.17) is 5.11 Å². The second-order valence-corrected chi connectivity index (χ2v) is 4.51. The lowest BCUT2D eigenvalue weighted by Crippen LogP contribution is -2.35. The Kier molecular flexibility index (Phi) is 3.75. The normalized spacial score (nSPS) is 18.1. The van der Waals surface area contributed by atoms with Gasteiger partial charge in [0.2, 0.25) is 0 Å². The van der Waals surface area contributed by atoms with Crippen LogP contribution in [0.4, 0.5) is 19.0 Å². The third-order valence-corrected chi connectivity index (χ3v) is 3.27. The van der Waals surface area contributed by atoms with Crippen molar-refractivity contribution in [3.8, 4) is 0 Å². The van der Waals surface area contributed by atoms with Gasteiger partial charge in [-0.1, -0.05) is 0 Å². The molecule has 18 heavy (non-hydrogen) atoms. The molecule has 0 atom stereocenters. The molecule has 2 rings (SSSR count). The van der Waals surface area contributed by atoms with Gasteiger partial charge in [-0.05, 0) is 30.9 Å². The molecule has 1 aromatic rings. The van der Waals surface area contributed by atoms with E-state index in [1.54, 1.807) is 0 Å². The summed E-state index contributed by atoms with van der Waals surface area (Å²) in [4.78, 5) is 5.83. The number of aliphatic hydroxyl groups is 1. The maximum atomic E-state index is 12.6. The van der Waals surface area contributed by atoms with Gasteiger partial charge in [-0.3, -0.25) is 0 Å². The lowest BCUT2D eigenvalue weighted by Gasteiger charge is -2.32. The van der Waals surface area contributed by atoms with Crippen LogP contribution in [0.25, 0.3) is 0 Å². The number of hydrogen-bond acceptors (Lipinski definition) is 3. The highest BCUT2D eigenvalue weighted by Gasteiger charge is 2.31. The minimum Gasteiger partial charge on any atom is -0.396 e. The average Bonchev–Trinajstić information content (AvgIpc) is 2.38. The molecule has 3 nitrogen and oxygen atoms in total. The molecule has 1 fully saturated rings. The molecular weight excluding hydrogens is 245 g/mol. The summed E-state index contributed by atoms with van der Waals surface area (Å²) in [7, 11) is 0. The number of hydrogen-bond donors (Lipinski definition) is 1. The van der Waals surface area contributed by atoms with E-state index < -0.39 is 11.7 Å². The molecular formula is C12H15F3N2O. The van der Waals surface area contributed by atoms with Crippen LogP contribution >= 0.6 is 0 Å². The standard InChI is InChI=1S/C12H15F3N2O/c13-12(14,15)10-1-4-16-11(7-10)17-5-2-9(8-18)3-6-17/h1,4,7,9,18H,2-3,5-6,8H2. The Morgan fingerprint density at radius 3 is 2.56 bits per heavy atom. The zero-order valence-electron chi connectivity index (χ0n) is 9.82. The summed E-state index contributed by atoms with van der Waals surface area (Å²) in [6.45, 7) is 1.42. The quantitative estimate of drug-likeness (QED) is 0.886. The number of halogens is 3. The van der Waals surface area contributed by atoms with E-state index in [9.17, 15) is 13.2 Å². The lowest BCUT2D eigenvalue weighted by molar-refractivity contribution is -0.137. The maximum absolute atomic E-state index is 12.6. The largest absolute Gasteiger partial charge is 0.416 e. The number of nitrogens with zero attached hydrogens (tertiary/aromatic N) is 2. The molecule has 0 aliphatic carbocycles. The fraction of sp³-hybridized carbons (Fsp3) is 0.583. The number of rotatable bonds is 2. The molecule has 0 bridgehead atoms. The third kappa shape index (κ3) is 2.93. The Morgan fingerprint density at radius 2 is 2.00 bits per heavy atom. The molecule has 1 saturated heterocycles. The van der Waals surface area contributed by atoms with Gasteiger partial charge in [0.05, 0.1) is 5.56 Å². The zero-order chi connectivity index (χ0) is 13.2. The molecule has 0 unspecified atom stereocenters. The molecule has 0 saturated carbocycles. The van der Waals surface area contributed by atoms with E-state index in [1.165, 1.54) is 6.20 Å². The van der Waals surface area contributed by atoms with E-state index in [0.29, 0.717) is 18.9 Å². The van der Waals surface area contributed by atoms with Gasteiger partial charge in [0, 0.05) is 25.9 Å². The summed E-state index contributed by atoms with van der Waals surface area (Å²) >= 11 is 0. The van der Waals surface area contributed by atoms with Crippen molar-refractivity contribution < 1.29 is 18.3 Å². The van der Waals surface area contributed by atoms with Crippen molar-refractivity contribution in [2.24, 2.45) is 5.92 Å². The Hall–Kier alpha value is -1.30. The Labute approximate surface area is 103 Å². The van der Waals surface area contributed by atoms with Crippen molar-refractivity contribution in [1.82, 2.24) is 4.98 Å². The fourth-order valence-electron chi connectivity index (χ4n) is 2.11. The molecule has 0 radical (unpaired) electrons. The molecule has 6 heteroatoms. The van der Waals surface area contributed by atoms with Gasteiger partial charge >= 0.3 is 6.18 Å². The first kappa shape index (κ1) is 13.1. The fourth-order valence-corrected chi connectivity index (χ4v) is 2.11.